The van der Waals surface area contributed by atoms with Crippen LogP contribution < -0.4 is 5.32 Å². The van der Waals surface area contributed by atoms with Crippen molar-refractivity contribution >= 4 is 28.7 Å². The zero-order valence-electron chi connectivity index (χ0n) is 17.5. The van der Waals surface area contributed by atoms with Gasteiger partial charge in [-0.1, -0.05) is 48.0 Å². The molecule has 0 radical (unpaired) electrons. The summed E-state index contributed by atoms with van der Waals surface area (Å²) in [5, 5.41) is 3.27. The molecule has 0 spiro atoms. The normalized spacial score (nSPS) is 10.5. The highest BCUT2D eigenvalue weighted by atomic mass is 16.5. The molecule has 0 aliphatic rings. The molecule has 0 unspecified atom stereocenters. The third-order valence-electron chi connectivity index (χ3n) is 4.73. The molecule has 7 nitrogen and oxygen atoms in total. The monoisotopic (exact) mass is 420 g/mol. The second-order valence-electron chi connectivity index (χ2n) is 7.04. The average Bonchev–Trinajstić information content (AvgIpc) is 2.79. The summed E-state index contributed by atoms with van der Waals surface area (Å²) in [6.45, 7) is 1.88. The van der Waals surface area contributed by atoms with E-state index >= 15 is 0 Å². The van der Waals surface area contributed by atoms with Crippen molar-refractivity contribution in [3.05, 3.63) is 65.7 Å². The van der Waals surface area contributed by atoms with Crippen LogP contribution in [0.4, 0.5) is 0 Å². The summed E-state index contributed by atoms with van der Waals surface area (Å²) in [7, 11) is 1.31. The minimum Gasteiger partial charge on any atom is -0.469 e. The second-order valence-corrected chi connectivity index (χ2v) is 7.04. The largest absolute Gasteiger partial charge is 0.469 e. The van der Waals surface area contributed by atoms with Gasteiger partial charge in [-0.25, -0.2) is 9.78 Å². The molecule has 3 rings (SSSR count). The molecule has 0 fully saturated rings. The number of rotatable bonds is 8. The van der Waals surface area contributed by atoms with E-state index < -0.39 is 18.5 Å². The molecule has 160 valence electrons. The van der Waals surface area contributed by atoms with Crippen LogP contribution in [0, 0.1) is 6.92 Å². The number of benzene rings is 2. The summed E-state index contributed by atoms with van der Waals surface area (Å²) in [4.78, 5) is 40.5. The molecule has 0 aliphatic heterocycles. The van der Waals surface area contributed by atoms with E-state index in [0.717, 1.165) is 11.1 Å². The van der Waals surface area contributed by atoms with Gasteiger partial charge >= 0.3 is 11.9 Å². The van der Waals surface area contributed by atoms with Gasteiger partial charge in [-0.2, -0.15) is 0 Å². The first-order valence-electron chi connectivity index (χ1n) is 9.95. The number of carbonyl (C=O) groups is 3. The fourth-order valence-electron chi connectivity index (χ4n) is 3.04. The number of pyridine rings is 1. The number of hydrogen-bond acceptors (Lipinski definition) is 6. The van der Waals surface area contributed by atoms with Crippen LogP contribution in [-0.2, 0) is 19.1 Å². The van der Waals surface area contributed by atoms with Gasteiger partial charge in [-0.05, 0) is 25.5 Å². The Balaban J connectivity index is 1.70. The number of nitrogens with one attached hydrogen (secondary N) is 1. The number of aromatic nitrogens is 1. The van der Waals surface area contributed by atoms with Crippen molar-refractivity contribution in [3.8, 4) is 11.3 Å². The summed E-state index contributed by atoms with van der Waals surface area (Å²) in [5.41, 5.74) is 3.67. The van der Waals surface area contributed by atoms with Crippen molar-refractivity contribution in [3.63, 3.8) is 0 Å². The van der Waals surface area contributed by atoms with Gasteiger partial charge in [0.2, 0.25) is 0 Å². The molecule has 0 aliphatic carbocycles. The van der Waals surface area contributed by atoms with Gasteiger partial charge in [0.15, 0.2) is 6.61 Å². The van der Waals surface area contributed by atoms with Crippen LogP contribution in [0.3, 0.4) is 0 Å². The molecule has 31 heavy (non-hydrogen) atoms. The number of hydrogen-bond donors (Lipinski definition) is 1. The van der Waals surface area contributed by atoms with Crippen LogP contribution in [-0.4, -0.2) is 43.1 Å². The first kappa shape index (κ1) is 22.0. The number of esters is 2. The molecule has 1 N–H and O–H groups in total. The lowest BCUT2D eigenvalue weighted by atomic mass is 10.0. The van der Waals surface area contributed by atoms with Crippen molar-refractivity contribution in [1.29, 1.82) is 0 Å². The first-order valence-corrected chi connectivity index (χ1v) is 9.95. The summed E-state index contributed by atoms with van der Waals surface area (Å²) < 4.78 is 9.78. The van der Waals surface area contributed by atoms with Crippen LogP contribution >= 0.6 is 0 Å². The van der Waals surface area contributed by atoms with E-state index in [0.29, 0.717) is 35.1 Å². The van der Waals surface area contributed by atoms with Crippen molar-refractivity contribution in [2.45, 2.75) is 19.8 Å². The lowest BCUT2D eigenvalue weighted by Crippen LogP contribution is -2.30. The van der Waals surface area contributed by atoms with E-state index in [-0.39, 0.29) is 12.4 Å². The van der Waals surface area contributed by atoms with Gasteiger partial charge in [0, 0.05) is 23.9 Å². The van der Waals surface area contributed by atoms with Gasteiger partial charge < -0.3 is 14.8 Å². The van der Waals surface area contributed by atoms with Crippen LogP contribution in [0.25, 0.3) is 22.2 Å². The number of aryl methyl sites for hydroxylation is 1. The molecule has 1 amide bonds. The minimum absolute atomic E-state index is 0.210. The van der Waals surface area contributed by atoms with Crippen LogP contribution in [0.1, 0.15) is 28.8 Å². The predicted octanol–water partition coefficient (Wildman–Crippen LogP) is 3.44. The highest BCUT2D eigenvalue weighted by Gasteiger charge is 2.16. The van der Waals surface area contributed by atoms with E-state index in [4.69, 9.17) is 4.74 Å². The van der Waals surface area contributed by atoms with Gasteiger partial charge in [0.25, 0.3) is 5.91 Å². The summed E-state index contributed by atoms with van der Waals surface area (Å²) in [5.74, 6) is -1.37. The summed E-state index contributed by atoms with van der Waals surface area (Å²) >= 11 is 0. The SMILES string of the molecule is COC(=O)CCCNC(=O)COC(=O)c1cc(-c2ccc(C)cc2)nc2ccccc12. The lowest BCUT2D eigenvalue weighted by Gasteiger charge is -2.10. The Hall–Kier alpha value is -3.74. The first-order chi connectivity index (χ1) is 15.0. The Morgan fingerprint density at radius 1 is 1.03 bits per heavy atom. The highest BCUT2D eigenvalue weighted by Crippen LogP contribution is 2.25. The zero-order chi connectivity index (χ0) is 22.2. The molecule has 3 aromatic rings. The van der Waals surface area contributed by atoms with Crippen LogP contribution in [0.2, 0.25) is 0 Å². The smallest absolute Gasteiger partial charge is 0.339 e. The highest BCUT2D eigenvalue weighted by molar-refractivity contribution is 6.05. The summed E-state index contributed by atoms with van der Waals surface area (Å²) in [6, 6.07) is 16.8. The quantitative estimate of drug-likeness (QED) is 0.443. The Kier molecular flexibility index (Phi) is 7.32. The molecule has 1 heterocycles. The molecule has 0 atom stereocenters. The van der Waals surface area contributed by atoms with Gasteiger partial charge in [-0.3, -0.25) is 9.59 Å². The molecular formula is C24H24N2O5. The van der Waals surface area contributed by atoms with E-state index in [1.165, 1.54) is 7.11 Å². The maximum atomic E-state index is 12.8. The topological polar surface area (TPSA) is 94.6 Å². The number of nitrogens with zero attached hydrogens (tertiary/aromatic N) is 1. The average molecular weight is 420 g/mol. The Morgan fingerprint density at radius 3 is 2.52 bits per heavy atom. The molecule has 0 bridgehead atoms. The minimum atomic E-state index is -0.600. The molecule has 2 aromatic carbocycles. The molecule has 0 saturated heterocycles. The fraction of sp³-hybridized carbons (Fsp3) is 0.250. The number of ether oxygens (including phenoxy) is 2. The number of fused-ring (bicyclic) bond motifs is 1. The molecule has 7 heteroatoms. The summed E-state index contributed by atoms with van der Waals surface area (Å²) in [6.07, 6.45) is 0.655. The molecular weight excluding hydrogens is 396 g/mol. The Bertz CT molecular complexity index is 1090. The van der Waals surface area contributed by atoms with Crippen molar-refractivity contribution in [1.82, 2.24) is 10.3 Å². The molecule has 1 aromatic heterocycles. The van der Waals surface area contributed by atoms with E-state index in [1.807, 2.05) is 49.4 Å². The van der Waals surface area contributed by atoms with E-state index in [2.05, 4.69) is 15.0 Å². The predicted molar refractivity (Wildman–Crippen MR) is 116 cm³/mol. The third kappa shape index (κ3) is 5.88. The van der Waals surface area contributed by atoms with Gasteiger partial charge in [0.1, 0.15) is 0 Å². The van der Waals surface area contributed by atoms with Gasteiger partial charge in [0.05, 0.1) is 23.9 Å². The fourth-order valence-corrected chi connectivity index (χ4v) is 3.04. The van der Waals surface area contributed by atoms with Crippen molar-refractivity contribution < 1.29 is 23.9 Å². The van der Waals surface area contributed by atoms with Gasteiger partial charge in [-0.15, -0.1) is 0 Å². The van der Waals surface area contributed by atoms with Crippen molar-refractivity contribution in [2.75, 3.05) is 20.3 Å². The number of para-hydroxylation sites is 1. The maximum absolute atomic E-state index is 12.8. The molecule has 0 saturated carbocycles. The van der Waals surface area contributed by atoms with E-state index in [9.17, 15) is 14.4 Å². The third-order valence-corrected chi connectivity index (χ3v) is 4.73. The number of amides is 1. The number of methoxy groups -OCH3 is 1. The Morgan fingerprint density at radius 2 is 1.77 bits per heavy atom. The second kappa shape index (κ2) is 10.3. The lowest BCUT2D eigenvalue weighted by molar-refractivity contribution is -0.140. The van der Waals surface area contributed by atoms with Crippen molar-refractivity contribution in [2.24, 2.45) is 0 Å². The van der Waals surface area contributed by atoms with Crippen LogP contribution in [0.15, 0.2) is 54.6 Å². The Labute approximate surface area is 180 Å². The number of carbonyl (C=O) groups excluding carboxylic acids is 3. The standard InChI is InChI=1S/C24H24N2O5/c1-16-9-11-17(12-10-16)21-14-19(18-6-3-4-7-20(18)26-21)24(29)31-15-22(27)25-13-5-8-23(28)30-2/h3-4,6-7,9-12,14H,5,8,13,15H2,1-2H3,(H,25,27). The van der Waals surface area contributed by atoms with Crippen LogP contribution in [0.5, 0.6) is 0 Å². The van der Waals surface area contributed by atoms with E-state index in [1.54, 1.807) is 12.1 Å². The maximum Gasteiger partial charge on any atom is 0.339 e. The zero-order valence-corrected chi connectivity index (χ0v) is 17.5.